The maximum atomic E-state index is 12.7. The maximum absolute atomic E-state index is 12.7. The van der Waals surface area contributed by atoms with Gasteiger partial charge in [0.15, 0.2) is 5.84 Å². The molecule has 0 N–H and O–H groups in total. The molecular weight excluding hydrogens is 284 g/mol. The number of aliphatic imine (C=N–C) groups is 1. The molecule has 0 fully saturated rings. The second-order valence-corrected chi connectivity index (χ2v) is 6.41. The lowest BCUT2D eigenvalue weighted by Crippen LogP contribution is -2.30. The van der Waals surface area contributed by atoms with Gasteiger partial charge in [0, 0.05) is 18.0 Å². The van der Waals surface area contributed by atoms with Gasteiger partial charge in [-0.25, -0.2) is 17.7 Å². The molecule has 0 amide bonds. The molecule has 0 spiro atoms. The second-order valence-electron chi connectivity index (χ2n) is 4.59. The predicted octanol–water partition coefficient (Wildman–Crippen LogP) is 3.67. The molecule has 21 heavy (non-hydrogen) atoms. The molecule has 4 nitrogen and oxygen atoms in total. The summed E-state index contributed by atoms with van der Waals surface area (Å²) in [5, 5.41) is 0. The lowest BCUT2D eigenvalue weighted by Gasteiger charge is -2.18. The molecule has 112 valence electrons. The van der Waals surface area contributed by atoms with Gasteiger partial charge in [-0.15, -0.1) is 0 Å². The Morgan fingerprint density at radius 3 is 2.52 bits per heavy atom. The molecule has 0 bridgehead atoms. The molecule has 1 aliphatic rings. The fourth-order valence-corrected chi connectivity index (χ4v) is 2.84. The van der Waals surface area contributed by atoms with Crippen molar-refractivity contribution in [3.63, 3.8) is 0 Å². The smallest absolute Gasteiger partial charge is 0.238 e. The monoisotopic (exact) mass is 304 g/mol. The summed E-state index contributed by atoms with van der Waals surface area (Å²) in [6, 6.07) is 0. The fraction of sp³-hybridized carbons (Fsp3) is 0.188. The third-order valence-corrected chi connectivity index (χ3v) is 4.30. The SMILES string of the molecule is C=C/C(=C\C=C(C)C)S(=O)(=O)N1C=CC(=C)C1=N/C=C\C. The van der Waals surface area contributed by atoms with Crippen molar-refractivity contribution in [1.29, 1.82) is 0 Å². The average molecular weight is 304 g/mol. The maximum Gasteiger partial charge on any atom is 0.269 e. The Morgan fingerprint density at radius 2 is 2.00 bits per heavy atom. The van der Waals surface area contributed by atoms with Crippen molar-refractivity contribution >= 4 is 15.9 Å². The highest BCUT2D eigenvalue weighted by Gasteiger charge is 2.30. The van der Waals surface area contributed by atoms with E-state index in [-0.39, 0.29) is 10.7 Å². The van der Waals surface area contributed by atoms with Gasteiger partial charge in [0.25, 0.3) is 10.0 Å². The van der Waals surface area contributed by atoms with E-state index in [1.807, 2.05) is 13.8 Å². The van der Waals surface area contributed by atoms with Crippen LogP contribution in [-0.4, -0.2) is 18.6 Å². The van der Waals surface area contributed by atoms with E-state index in [2.05, 4.69) is 18.2 Å². The van der Waals surface area contributed by atoms with E-state index in [4.69, 9.17) is 0 Å². The van der Waals surface area contributed by atoms with Crippen molar-refractivity contribution in [2.45, 2.75) is 20.8 Å². The van der Waals surface area contributed by atoms with Gasteiger partial charge in [-0.2, -0.15) is 0 Å². The van der Waals surface area contributed by atoms with E-state index in [0.717, 1.165) is 9.88 Å². The molecule has 5 heteroatoms. The Kier molecular flexibility index (Phi) is 5.67. The molecule has 0 aliphatic carbocycles. The average Bonchev–Trinajstić information content (AvgIpc) is 2.78. The predicted molar refractivity (Wildman–Crippen MR) is 89.0 cm³/mol. The van der Waals surface area contributed by atoms with Crippen molar-refractivity contribution in [2.24, 2.45) is 4.99 Å². The zero-order chi connectivity index (χ0) is 16.0. The molecule has 0 aromatic carbocycles. The van der Waals surface area contributed by atoms with Crippen LogP contribution in [0.3, 0.4) is 0 Å². The normalized spacial score (nSPS) is 17.9. The first-order valence-electron chi connectivity index (χ1n) is 6.43. The molecule has 0 saturated heterocycles. The van der Waals surface area contributed by atoms with Crippen LogP contribution in [-0.2, 0) is 10.0 Å². The van der Waals surface area contributed by atoms with Crippen molar-refractivity contribution in [2.75, 3.05) is 0 Å². The van der Waals surface area contributed by atoms with E-state index >= 15 is 0 Å². The quantitative estimate of drug-likeness (QED) is 0.728. The highest BCUT2D eigenvalue weighted by Crippen LogP contribution is 2.23. The van der Waals surface area contributed by atoms with Gasteiger partial charge >= 0.3 is 0 Å². The standard InChI is InChI=1S/C16H20N2O2S/c1-6-11-17-16-14(5)10-12-18(16)21(19,20)15(7-2)9-8-13(3)4/h6-12H,2,5H2,1,3-4H3/b11-6-,15-9+,17-16?. The van der Waals surface area contributed by atoms with Gasteiger partial charge in [0.1, 0.15) is 0 Å². The van der Waals surface area contributed by atoms with Crippen molar-refractivity contribution < 1.29 is 8.42 Å². The molecule has 0 radical (unpaired) electrons. The third-order valence-electron chi connectivity index (χ3n) is 2.59. The molecule has 0 saturated carbocycles. The van der Waals surface area contributed by atoms with Crippen LogP contribution in [0.2, 0.25) is 0 Å². The molecule has 1 heterocycles. The van der Waals surface area contributed by atoms with Crippen LogP contribution < -0.4 is 0 Å². The number of sulfonamides is 1. The van der Waals surface area contributed by atoms with E-state index in [1.54, 1.807) is 25.2 Å². The summed E-state index contributed by atoms with van der Waals surface area (Å²) in [5.74, 6) is 0.290. The summed E-state index contributed by atoms with van der Waals surface area (Å²) in [5.41, 5.74) is 1.54. The number of rotatable bonds is 5. The number of amidine groups is 1. The van der Waals surface area contributed by atoms with E-state index in [9.17, 15) is 8.42 Å². The van der Waals surface area contributed by atoms with Crippen LogP contribution in [0.1, 0.15) is 20.8 Å². The van der Waals surface area contributed by atoms with Gasteiger partial charge in [-0.05, 0) is 39.0 Å². The number of hydrogen-bond acceptors (Lipinski definition) is 3. The fourth-order valence-electron chi connectivity index (χ4n) is 1.54. The van der Waals surface area contributed by atoms with E-state index in [1.165, 1.54) is 24.6 Å². The molecule has 1 rings (SSSR count). The van der Waals surface area contributed by atoms with Crippen molar-refractivity contribution in [3.8, 4) is 0 Å². The highest BCUT2D eigenvalue weighted by atomic mass is 32.2. The van der Waals surface area contributed by atoms with Crippen LogP contribution in [0, 0.1) is 0 Å². The Labute approximate surface area is 126 Å². The first kappa shape index (κ1) is 16.9. The van der Waals surface area contributed by atoms with Crippen LogP contribution in [0.5, 0.6) is 0 Å². The summed E-state index contributed by atoms with van der Waals surface area (Å²) in [6.07, 6.45) is 10.9. The van der Waals surface area contributed by atoms with Crippen LogP contribution in [0.25, 0.3) is 0 Å². The van der Waals surface area contributed by atoms with Gasteiger partial charge in [0.2, 0.25) is 0 Å². The largest absolute Gasteiger partial charge is 0.269 e. The van der Waals surface area contributed by atoms with Crippen molar-refractivity contribution in [1.82, 2.24) is 4.31 Å². The Balaban J connectivity index is 3.32. The molecule has 0 aromatic rings. The minimum Gasteiger partial charge on any atom is -0.238 e. The summed E-state index contributed by atoms with van der Waals surface area (Å²) in [7, 11) is -3.74. The minimum absolute atomic E-state index is 0.108. The van der Waals surface area contributed by atoms with Gasteiger partial charge < -0.3 is 0 Å². The first-order valence-corrected chi connectivity index (χ1v) is 7.87. The summed E-state index contributed by atoms with van der Waals surface area (Å²) in [4.78, 5) is 4.23. The third kappa shape index (κ3) is 3.92. The van der Waals surface area contributed by atoms with E-state index in [0.29, 0.717) is 5.57 Å². The molecule has 0 aromatic heterocycles. The lowest BCUT2D eigenvalue weighted by atomic mass is 10.3. The minimum atomic E-state index is -3.74. The van der Waals surface area contributed by atoms with E-state index < -0.39 is 10.0 Å². The Hall–Kier alpha value is -2.14. The summed E-state index contributed by atoms with van der Waals surface area (Å²) in [6.45, 7) is 13.0. The highest BCUT2D eigenvalue weighted by molar-refractivity contribution is 7.93. The molecule has 0 unspecified atom stereocenters. The topological polar surface area (TPSA) is 49.7 Å². The summed E-state index contributed by atoms with van der Waals surface area (Å²) >= 11 is 0. The van der Waals surface area contributed by atoms with Crippen LogP contribution in [0.15, 0.2) is 77.0 Å². The Morgan fingerprint density at radius 1 is 1.33 bits per heavy atom. The van der Waals surface area contributed by atoms with Gasteiger partial charge in [0.05, 0.1) is 4.91 Å². The second kappa shape index (κ2) is 7.04. The van der Waals surface area contributed by atoms with Crippen molar-refractivity contribution in [3.05, 3.63) is 72.0 Å². The molecule has 0 atom stereocenters. The first-order chi connectivity index (χ1) is 9.84. The number of hydrogen-bond donors (Lipinski definition) is 0. The molecule has 1 aliphatic heterocycles. The van der Waals surface area contributed by atoms with Crippen LogP contribution >= 0.6 is 0 Å². The number of allylic oxidation sites excluding steroid dienone is 5. The Bertz CT molecular complexity index is 686. The lowest BCUT2D eigenvalue weighted by molar-refractivity contribution is 0.572. The zero-order valence-corrected chi connectivity index (χ0v) is 13.4. The number of nitrogens with zero attached hydrogens (tertiary/aromatic N) is 2. The van der Waals surface area contributed by atoms with Crippen LogP contribution in [0.4, 0.5) is 0 Å². The zero-order valence-electron chi connectivity index (χ0n) is 12.6. The molecular formula is C16H20N2O2S. The summed E-state index contributed by atoms with van der Waals surface area (Å²) < 4.78 is 26.4. The van der Waals surface area contributed by atoms with Gasteiger partial charge in [-0.3, -0.25) is 0 Å². The van der Waals surface area contributed by atoms with Gasteiger partial charge in [-0.1, -0.05) is 30.9 Å².